The highest BCUT2D eigenvalue weighted by atomic mass is 19.1. The first kappa shape index (κ1) is 20.7. The van der Waals surface area contributed by atoms with Crippen LogP contribution in [0.1, 0.15) is 36.8 Å². The molecule has 1 N–H and O–H groups in total. The molecule has 2 atom stereocenters. The van der Waals surface area contributed by atoms with Crippen molar-refractivity contribution in [2.24, 2.45) is 0 Å². The molecule has 5 rings (SSSR count). The number of fused-ring (bicyclic) bond motifs is 2. The van der Waals surface area contributed by atoms with E-state index in [2.05, 4.69) is 21.3 Å². The average molecular weight is 436 g/mol. The number of halogens is 1. The number of anilines is 1. The van der Waals surface area contributed by atoms with Crippen LogP contribution in [-0.2, 0) is 10.3 Å². The predicted octanol–water partition coefficient (Wildman–Crippen LogP) is 2.56. The Morgan fingerprint density at radius 1 is 1.28 bits per heavy atom. The third-order valence-corrected chi connectivity index (χ3v) is 6.98. The molecule has 32 heavy (non-hydrogen) atoms. The van der Waals surface area contributed by atoms with E-state index in [1.807, 2.05) is 11.0 Å². The second kappa shape index (κ2) is 8.06. The summed E-state index contributed by atoms with van der Waals surface area (Å²) in [6.45, 7) is 1.54. The molecule has 0 spiro atoms. The molecule has 2 bridgehead atoms. The summed E-state index contributed by atoms with van der Waals surface area (Å²) < 4.78 is 19.3. The topological polar surface area (TPSA) is 81.5 Å². The fraction of sp³-hybridized carbons (Fsp3) is 0.458. The molecule has 2 aromatic rings. The summed E-state index contributed by atoms with van der Waals surface area (Å²) in [5.41, 5.74) is 0.936. The number of hydrogen-bond acceptors (Lipinski definition) is 6. The first-order valence-corrected chi connectivity index (χ1v) is 11.0. The molecule has 3 heterocycles. The normalized spacial score (nSPS) is 23.0. The van der Waals surface area contributed by atoms with Crippen molar-refractivity contribution in [3.05, 3.63) is 53.5 Å². The molecule has 2 aliphatic heterocycles. The van der Waals surface area contributed by atoms with Gasteiger partial charge < -0.3 is 14.5 Å². The van der Waals surface area contributed by atoms with Gasteiger partial charge in [0, 0.05) is 42.5 Å². The maximum atomic E-state index is 13.9. The zero-order chi connectivity index (χ0) is 22.3. The molecule has 3 aliphatic rings. The number of benzene rings is 1. The Bertz CT molecular complexity index is 1050. The van der Waals surface area contributed by atoms with Crippen LogP contribution in [0, 0.1) is 17.1 Å². The summed E-state index contributed by atoms with van der Waals surface area (Å²) in [5, 5.41) is 12.4. The quantitative estimate of drug-likeness (QED) is 0.751. The molecule has 2 saturated heterocycles. The Labute approximate surface area is 186 Å². The number of carbonyl (C=O) groups excluding carboxylic acids is 1. The van der Waals surface area contributed by atoms with Crippen molar-refractivity contribution in [1.29, 1.82) is 5.26 Å². The van der Waals surface area contributed by atoms with Crippen molar-refractivity contribution >= 4 is 11.7 Å². The van der Waals surface area contributed by atoms with Gasteiger partial charge in [-0.2, -0.15) is 5.26 Å². The number of carbonyl (C=O) groups is 1. The Morgan fingerprint density at radius 3 is 2.62 bits per heavy atom. The molecule has 1 saturated carbocycles. The number of aromatic nitrogens is 1. The molecule has 2 unspecified atom stereocenters. The third-order valence-electron chi connectivity index (χ3n) is 6.98. The first-order valence-electron chi connectivity index (χ1n) is 11.0. The number of piperazine rings is 1. The summed E-state index contributed by atoms with van der Waals surface area (Å²) in [6.07, 6.45) is 5.35. The SMILES string of the molecule is COc1ccc(F)cc1C1(NCC(=O)N2CC3CCC(C2)N3c2ccc(C#N)cn2)CC1. The number of nitrogens with one attached hydrogen (secondary N) is 1. The van der Waals surface area contributed by atoms with Gasteiger partial charge in [0.25, 0.3) is 0 Å². The Balaban J connectivity index is 1.23. The highest BCUT2D eigenvalue weighted by molar-refractivity contribution is 5.79. The molecule has 7 nitrogen and oxygen atoms in total. The summed E-state index contributed by atoms with van der Waals surface area (Å²) in [7, 11) is 1.58. The van der Waals surface area contributed by atoms with Crippen molar-refractivity contribution in [3.8, 4) is 11.8 Å². The number of nitrogens with zero attached hydrogens (tertiary/aromatic N) is 4. The van der Waals surface area contributed by atoms with Gasteiger partial charge >= 0.3 is 0 Å². The van der Waals surface area contributed by atoms with Gasteiger partial charge in [-0.05, 0) is 56.0 Å². The number of rotatable bonds is 6. The summed E-state index contributed by atoms with van der Waals surface area (Å²) in [4.78, 5) is 21.8. The molecule has 1 aromatic carbocycles. The largest absolute Gasteiger partial charge is 0.496 e. The van der Waals surface area contributed by atoms with Gasteiger partial charge in [-0.25, -0.2) is 9.37 Å². The van der Waals surface area contributed by atoms with E-state index in [9.17, 15) is 9.18 Å². The molecule has 1 aromatic heterocycles. The number of methoxy groups -OCH3 is 1. The van der Waals surface area contributed by atoms with Crippen LogP contribution in [0.4, 0.5) is 10.2 Å². The van der Waals surface area contributed by atoms with Crippen molar-refractivity contribution in [2.75, 3.05) is 31.6 Å². The van der Waals surface area contributed by atoms with Crippen LogP contribution in [0.3, 0.4) is 0 Å². The van der Waals surface area contributed by atoms with E-state index in [1.54, 1.807) is 25.4 Å². The minimum Gasteiger partial charge on any atom is -0.496 e. The minimum absolute atomic E-state index is 0.0657. The lowest BCUT2D eigenvalue weighted by Gasteiger charge is -2.42. The maximum Gasteiger partial charge on any atom is 0.236 e. The van der Waals surface area contributed by atoms with E-state index < -0.39 is 5.54 Å². The van der Waals surface area contributed by atoms with Crippen molar-refractivity contribution in [3.63, 3.8) is 0 Å². The number of nitriles is 1. The standard InChI is InChI=1S/C24H26FN5O2/c1-32-21-6-3-17(25)10-20(21)24(8-9-24)28-13-23(31)29-14-18-4-5-19(15-29)30(18)22-7-2-16(11-26)12-27-22/h2-3,6-7,10,12,18-19,28H,4-5,8-9,13-15H2,1H3. The summed E-state index contributed by atoms with van der Waals surface area (Å²) in [5.74, 6) is 1.28. The predicted molar refractivity (Wildman–Crippen MR) is 117 cm³/mol. The molecular weight excluding hydrogens is 409 g/mol. The van der Waals surface area contributed by atoms with Crippen LogP contribution in [0.15, 0.2) is 36.5 Å². The van der Waals surface area contributed by atoms with Crippen LogP contribution in [0.25, 0.3) is 0 Å². The molecule has 8 heteroatoms. The minimum atomic E-state index is -0.393. The van der Waals surface area contributed by atoms with Gasteiger partial charge in [0.2, 0.25) is 5.91 Å². The monoisotopic (exact) mass is 435 g/mol. The van der Waals surface area contributed by atoms with E-state index >= 15 is 0 Å². The smallest absolute Gasteiger partial charge is 0.236 e. The van der Waals surface area contributed by atoms with Crippen molar-refractivity contribution < 1.29 is 13.9 Å². The van der Waals surface area contributed by atoms with Gasteiger partial charge in [-0.3, -0.25) is 10.1 Å². The Hall–Kier alpha value is -3.18. The number of likely N-dealkylation sites (tertiary alicyclic amines) is 1. The Morgan fingerprint density at radius 2 is 2.03 bits per heavy atom. The Kier molecular flexibility index (Phi) is 5.22. The second-order valence-electron chi connectivity index (χ2n) is 8.89. The van der Waals surface area contributed by atoms with E-state index in [1.165, 1.54) is 12.1 Å². The zero-order valence-electron chi connectivity index (χ0n) is 18.1. The molecule has 1 aliphatic carbocycles. The van der Waals surface area contributed by atoms with Crippen LogP contribution in [-0.4, -0.2) is 54.6 Å². The number of amides is 1. The van der Waals surface area contributed by atoms with E-state index in [-0.39, 0.29) is 30.4 Å². The van der Waals surface area contributed by atoms with Crippen molar-refractivity contribution in [1.82, 2.24) is 15.2 Å². The lowest BCUT2D eigenvalue weighted by atomic mass is 10.0. The lowest BCUT2D eigenvalue weighted by Crippen LogP contribution is -2.57. The van der Waals surface area contributed by atoms with E-state index in [0.29, 0.717) is 24.4 Å². The highest BCUT2D eigenvalue weighted by Gasteiger charge is 2.47. The van der Waals surface area contributed by atoms with E-state index in [4.69, 9.17) is 10.00 Å². The second-order valence-corrected chi connectivity index (χ2v) is 8.89. The average Bonchev–Trinajstić information content (AvgIpc) is 3.57. The number of hydrogen-bond donors (Lipinski definition) is 1. The number of pyridine rings is 1. The number of ether oxygens (including phenoxy) is 1. The van der Waals surface area contributed by atoms with Crippen LogP contribution in [0.5, 0.6) is 5.75 Å². The van der Waals surface area contributed by atoms with Gasteiger partial charge in [-0.15, -0.1) is 0 Å². The molecule has 166 valence electrons. The molecular formula is C24H26FN5O2. The van der Waals surface area contributed by atoms with Crippen LogP contribution < -0.4 is 15.0 Å². The summed E-state index contributed by atoms with van der Waals surface area (Å²) in [6, 6.07) is 10.8. The van der Waals surface area contributed by atoms with Gasteiger partial charge in [-0.1, -0.05) is 0 Å². The van der Waals surface area contributed by atoms with E-state index in [0.717, 1.165) is 37.1 Å². The van der Waals surface area contributed by atoms with Crippen LogP contribution in [0.2, 0.25) is 0 Å². The third kappa shape index (κ3) is 3.67. The fourth-order valence-corrected chi connectivity index (χ4v) is 5.16. The fourth-order valence-electron chi connectivity index (χ4n) is 5.16. The zero-order valence-corrected chi connectivity index (χ0v) is 18.1. The van der Waals surface area contributed by atoms with Gasteiger partial charge in [0.05, 0.1) is 19.2 Å². The maximum absolute atomic E-state index is 13.9. The molecule has 0 radical (unpaired) electrons. The molecule has 3 fully saturated rings. The first-order chi connectivity index (χ1) is 15.5. The molecule has 1 amide bonds. The van der Waals surface area contributed by atoms with Crippen molar-refractivity contribution in [2.45, 2.75) is 43.3 Å². The lowest BCUT2D eigenvalue weighted by molar-refractivity contribution is -0.131. The van der Waals surface area contributed by atoms with Crippen LogP contribution >= 0.6 is 0 Å². The highest BCUT2D eigenvalue weighted by Crippen LogP contribution is 2.49. The summed E-state index contributed by atoms with van der Waals surface area (Å²) >= 11 is 0. The van der Waals surface area contributed by atoms with Gasteiger partial charge in [0.1, 0.15) is 23.5 Å². The van der Waals surface area contributed by atoms with Gasteiger partial charge in [0.15, 0.2) is 0 Å².